The van der Waals surface area contributed by atoms with Crippen molar-refractivity contribution in [2.24, 2.45) is 5.92 Å². The van der Waals surface area contributed by atoms with Gasteiger partial charge in [-0.2, -0.15) is 0 Å². The van der Waals surface area contributed by atoms with E-state index >= 15 is 0 Å². The maximum Gasteiger partial charge on any atom is 0.231 e. The first kappa shape index (κ1) is 13.8. The van der Waals surface area contributed by atoms with Crippen LogP contribution in [-0.2, 0) is 9.53 Å². The first-order valence-corrected chi connectivity index (χ1v) is 6.61. The van der Waals surface area contributed by atoms with Gasteiger partial charge >= 0.3 is 0 Å². The number of anilines is 1. The van der Waals surface area contributed by atoms with Crippen LogP contribution < -0.4 is 10.6 Å². The highest BCUT2D eigenvalue weighted by molar-refractivity contribution is 5.93. The van der Waals surface area contributed by atoms with Gasteiger partial charge < -0.3 is 20.5 Å². The molecular weight excluding hydrogens is 244 g/mol. The minimum Gasteiger partial charge on any atom is -0.508 e. The Morgan fingerprint density at radius 3 is 2.79 bits per heavy atom. The van der Waals surface area contributed by atoms with Crippen molar-refractivity contribution < 1.29 is 14.6 Å². The van der Waals surface area contributed by atoms with E-state index in [1.165, 1.54) is 0 Å². The molecule has 1 aromatic rings. The fourth-order valence-electron chi connectivity index (χ4n) is 2.12. The van der Waals surface area contributed by atoms with Crippen LogP contribution in [-0.4, -0.2) is 36.8 Å². The van der Waals surface area contributed by atoms with Crippen molar-refractivity contribution in [2.45, 2.75) is 19.4 Å². The van der Waals surface area contributed by atoms with Crippen molar-refractivity contribution in [1.29, 1.82) is 0 Å². The predicted octanol–water partition coefficient (Wildman–Crippen LogP) is 1.35. The van der Waals surface area contributed by atoms with Gasteiger partial charge in [-0.15, -0.1) is 0 Å². The first-order chi connectivity index (χ1) is 9.20. The smallest absolute Gasteiger partial charge is 0.231 e. The highest BCUT2D eigenvalue weighted by Crippen LogP contribution is 2.18. The molecule has 0 bridgehead atoms. The van der Waals surface area contributed by atoms with Gasteiger partial charge in [0.05, 0.1) is 19.1 Å². The molecule has 0 saturated carbocycles. The summed E-state index contributed by atoms with van der Waals surface area (Å²) in [6, 6.07) is 6.54. The third-order valence-electron chi connectivity index (χ3n) is 3.21. The molecule has 1 fully saturated rings. The van der Waals surface area contributed by atoms with Crippen LogP contribution in [0.1, 0.15) is 13.3 Å². The monoisotopic (exact) mass is 264 g/mol. The molecule has 1 aliphatic heterocycles. The summed E-state index contributed by atoms with van der Waals surface area (Å²) < 4.78 is 5.38. The quantitative estimate of drug-likeness (QED) is 0.702. The van der Waals surface area contributed by atoms with Crippen LogP contribution in [0, 0.1) is 5.92 Å². The van der Waals surface area contributed by atoms with Crippen molar-refractivity contribution >= 4 is 11.6 Å². The van der Waals surface area contributed by atoms with Crippen LogP contribution in [0.3, 0.4) is 0 Å². The van der Waals surface area contributed by atoms with Crippen LogP contribution in [0.15, 0.2) is 24.3 Å². The van der Waals surface area contributed by atoms with Crippen molar-refractivity contribution in [2.75, 3.05) is 25.1 Å². The Kier molecular flexibility index (Phi) is 4.76. The van der Waals surface area contributed by atoms with Crippen LogP contribution in [0.2, 0.25) is 0 Å². The van der Waals surface area contributed by atoms with Gasteiger partial charge in [0, 0.05) is 11.7 Å². The van der Waals surface area contributed by atoms with Crippen LogP contribution >= 0.6 is 0 Å². The number of hydrogen-bond donors (Lipinski definition) is 3. The zero-order chi connectivity index (χ0) is 13.7. The van der Waals surface area contributed by atoms with E-state index < -0.39 is 0 Å². The Morgan fingerprint density at radius 1 is 1.37 bits per heavy atom. The van der Waals surface area contributed by atoms with E-state index in [1.54, 1.807) is 24.3 Å². The van der Waals surface area contributed by atoms with Crippen LogP contribution in [0.5, 0.6) is 5.75 Å². The molecule has 0 spiro atoms. The molecule has 5 heteroatoms. The molecule has 1 aromatic carbocycles. The Morgan fingerprint density at radius 2 is 2.11 bits per heavy atom. The molecule has 19 heavy (non-hydrogen) atoms. The maximum atomic E-state index is 12.2. The molecule has 2 unspecified atom stereocenters. The number of phenols is 1. The lowest BCUT2D eigenvalue weighted by atomic mass is 10.0. The van der Waals surface area contributed by atoms with Gasteiger partial charge in [0.1, 0.15) is 5.75 Å². The van der Waals surface area contributed by atoms with E-state index in [-0.39, 0.29) is 23.6 Å². The summed E-state index contributed by atoms with van der Waals surface area (Å²) in [5.41, 5.74) is 0.684. The van der Waals surface area contributed by atoms with Crippen molar-refractivity contribution in [3.05, 3.63) is 24.3 Å². The Hall–Kier alpha value is -1.59. The summed E-state index contributed by atoms with van der Waals surface area (Å²) in [7, 11) is 0. The molecule has 5 nitrogen and oxygen atoms in total. The fraction of sp³-hybridized carbons (Fsp3) is 0.500. The second-order valence-electron chi connectivity index (χ2n) is 4.74. The summed E-state index contributed by atoms with van der Waals surface area (Å²) >= 11 is 0. The van der Waals surface area contributed by atoms with Gasteiger partial charge in [-0.1, -0.05) is 6.92 Å². The molecule has 2 atom stereocenters. The Balaban J connectivity index is 1.93. The van der Waals surface area contributed by atoms with E-state index in [0.29, 0.717) is 18.9 Å². The molecule has 1 aliphatic rings. The standard InChI is InChI=1S/C14H20N2O3/c1-2-7-15-13-9-19-8-12(13)14(18)16-10-3-5-11(17)6-4-10/h3-6,12-13,15,17H,2,7-9H2,1H3,(H,16,18). The molecular formula is C14H20N2O3. The summed E-state index contributed by atoms with van der Waals surface area (Å²) in [6.07, 6.45) is 1.03. The molecule has 1 amide bonds. The van der Waals surface area contributed by atoms with Gasteiger partial charge in [-0.05, 0) is 37.2 Å². The number of ether oxygens (including phenoxy) is 1. The number of phenolic OH excluding ortho intramolecular Hbond substituents is 1. The number of carbonyl (C=O) groups excluding carboxylic acids is 1. The van der Waals surface area contributed by atoms with Crippen molar-refractivity contribution in [3.8, 4) is 5.75 Å². The Labute approximate surface area is 113 Å². The van der Waals surface area contributed by atoms with Crippen molar-refractivity contribution in [3.63, 3.8) is 0 Å². The molecule has 3 N–H and O–H groups in total. The second-order valence-corrected chi connectivity index (χ2v) is 4.74. The summed E-state index contributed by atoms with van der Waals surface area (Å²) in [5.74, 6) is -0.0261. The SMILES string of the molecule is CCCNC1COCC1C(=O)Nc1ccc(O)cc1. The predicted molar refractivity (Wildman–Crippen MR) is 73.1 cm³/mol. The average molecular weight is 264 g/mol. The summed E-state index contributed by atoms with van der Waals surface area (Å²) in [6.45, 7) is 4.00. The Bertz CT molecular complexity index is 419. The molecule has 0 aliphatic carbocycles. The lowest BCUT2D eigenvalue weighted by Gasteiger charge is -2.18. The number of hydrogen-bond acceptors (Lipinski definition) is 4. The third-order valence-corrected chi connectivity index (χ3v) is 3.21. The molecule has 2 rings (SSSR count). The molecule has 1 saturated heterocycles. The van der Waals surface area contributed by atoms with E-state index in [9.17, 15) is 9.90 Å². The van der Waals surface area contributed by atoms with Crippen LogP contribution in [0.4, 0.5) is 5.69 Å². The number of amides is 1. The summed E-state index contributed by atoms with van der Waals surface area (Å²) in [5, 5.41) is 15.4. The molecule has 104 valence electrons. The zero-order valence-electron chi connectivity index (χ0n) is 11.1. The topological polar surface area (TPSA) is 70.6 Å². The average Bonchev–Trinajstić information content (AvgIpc) is 2.87. The highest BCUT2D eigenvalue weighted by atomic mass is 16.5. The van der Waals surface area contributed by atoms with Crippen molar-refractivity contribution in [1.82, 2.24) is 5.32 Å². The lowest BCUT2D eigenvalue weighted by molar-refractivity contribution is -0.120. The van der Waals surface area contributed by atoms with E-state index in [0.717, 1.165) is 13.0 Å². The van der Waals surface area contributed by atoms with Gasteiger partial charge in [-0.25, -0.2) is 0 Å². The largest absolute Gasteiger partial charge is 0.508 e. The van der Waals surface area contributed by atoms with Gasteiger partial charge in [0.15, 0.2) is 0 Å². The molecule has 0 radical (unpaired) electrons. The number of rotatable bonds is 5. The minimum atomic E-state index is -0.166. The third kappa shape index (κ3) is 3.68. The molecule has 1 heterocycles. The molecule has 0 aromatic heterocycles. The van der Waals surface area contributed by atoms with Crippen LogP contribution in [0.25, 0.3) is 0 Å². The number of carbonyl (C=O) groups is 1. The highest BCUT2D eigenvalue weighted by Gasteiger charge is 2.33. The van der Waals surface area contributed by atoms with E-state index in [2.05, 4.69) is 17.6 Å². The zero-order valence-corrected chi connectivity index (χ0v) is 11.1. The number of nitrogens with one attached hydrogen (secondary N) is 2. The normalized spacial score (nSPS) is 22.4. The second kappa shape index (κ2) is 6.54. The first-order valence-electron chi connectivity index (χ1n) is 6.61. The minimum absolute atomic E-state index is 0.0446. The van der Waals surface area contributed by atoms with Gasteiger partial charge in [-0.3, -0.25) is 4.79 Å². The fourth-order valence-corrected chi connectivity index (χ4v) is 2.12. The number of benzene rings is 1. The van der Waals surface area contributed by atoms with E-state index in [4.69, 9.17) is 4.74 Å². The maximum absolute atomic E-state index is 12.2. The van der Waals surface area contributed by atoms with E-state index in [1.807, 2.05) is 0 Å². The summed E-state index contributed by atoms with van der Waals surface area (Å²) in [4.78, 5) is 12.2. The van der Waals surface area contributed by atoms with Gasteiger partial charge in [0.2, 0.25) is 5.91 Å². The number of aromatic hydroxyl groups is 1. The lowest BCUT2D eigenvalue weighted by Crippen LogP contribution is -2.41. The van der Waals surface area contributed by atoms with Gasteiger partial charge in [0.25, 0.3) is 0 Å².